The van der Waals surface area contributed by atoms with E-state index in [4.69, 9.17) is 4.74 Å². The van der Waals surface area contributed by atoms with Crippen LogP contribution in [0, 0.1) is 0 Å². The van der Waals surface area contributed by atoms with Gasteiger partial charge in [-0.15, -0.1) is 0 Å². The van der Waals surface area contributed by atoms with Crippen molar-refractivity contribution in [2.45, 2.75) is 20.3 Å². The molecule has 17 heavy (non-hydrogen) atoms. The van der Waals surface area contributed by atoms with Crippen molar-refractivity contribution < 1.29 is 14.3 Å². The van der Waals surface area contributed by atoms with Gasteiger partial charge in [0.1, 0.15) is 0 Å². The molecule has 0 fully saturated rings. The Bertz CT molecular complexity index is 433. The van der Waals surface area contributed by atoms with E-state index in [0.29, 0.717) is 24.2 Å². The maximum atomic E-state index is 11.6. The summed E-state index contributed by atoms with van der Waals surface area (Å²) >= 11 is 0. The highest BCUT2D eigenvalue weighted by molar-refractivity contribution is 5.95. The Morgan fingerprint density at radius 2 is 1.88 bits per heavy atom. The summed E-state index contributed by atoms with van der Waals surface area (Å²) in [5, 5.41) is 0. The second-order valence-electron chi connectivity index (χ2n) is 3.49. The molecule has 0 bridgehead atoms. The highest BCUT2D eigenvalue weighted by Crippen LogP contribution is 2.14. The van der Waals surface area contributed by atoms with Crippen molar-refractivity contribution in [3.63, 3.8) is 0 Å². The van der Waals surface area contributed by atoms with Crippen molar-refractivity contribution in [2.24, 2.45) is 0 Å². The average molecular weight is 232 g/mol. The van der Waals surface area contributed by atoms with Gasteiger partial charge >= 0.3 is 5.97 Å². The van der Waals surface area contributed by atoms with E-state index in [-0.39, 0.29) is 5.97 Å². The molecule has 0 saturated heterocycles. The van der Waals surface area contributed by atoms with Crippen molar-refractivity contribution in [1.29, 1.82) is 0 Å². The summed E-state index contributed by atoms with van der Waals surface area (Å²) in [6.45, 7) is 4.00. The molecule has 0 N–H and O–H groups in total. The van der Waals surface area contributed by atoms with Crippen LogP contribution in [0.5, 0.6) is 0 Å². The lowest BCUT2D eigenvalue weighted by molar-refractivity contribution is -0.138. The topological polar surface area (TPSA) is 43.4 Å². The summed E-state index contributed by atoms with van der Waals surface area (Å²) in [7, 11) is 0. The zero-order valence-electron chi connectivity index (χ0n) is 10.1. The Labute approximate surface area is 101 Å². The van der Waals surface area contributed by atoms with Crippen LogP contribution in [-0.4, -0.2) is 18.9 Å². The number of carbonyl (C=O) groups is 2. The largest absolute Gasteiger partial charge is 0.463 e. The quantitative estimate of drug-likeness (QED) is 0.445. The lowest BCUT2D eigenvalue weighted by atomic mass is 10.0. The summed E-state index contributed by atoms with van der Waals surface area (Å²) in [6, 6.07) is 7.14. The van der Waals surface area contributed by atoms with Gasteiger partial charge in [0, 0.05) is 11.1 Å². The fourth-order valence-corrected chi connectivity index (χ4v) is 1.47. The molecule has 1 rings (SSSR count). The van der Waals surface area contributed by atoms with Crippen molar-refractivity contribution in [3.8, 4) is 0 Å². The smallest absolute Gasteiger partial charge is 0.333 e. The summed E-state index contributed by atoms with van der Waals surface area (Å²) in [4.78, 5) is 22.4. The molecule has 3 nitrogen and oxygen atoms in total. The van der Waals surface area contributed by atoms with Crippen molar-refractivity contribution in [3.05, 3.63) is 41.0 Å². The Morgan fingerprint density at radius 1 is 1.24 bits per heavy atom. The highest BCUT2D eigenvalue weighted by Gasteiger charge is 2.09. The fraction of sp³-hybridized carbons (Fsp3) is 0.286. The van der Waals surface area contributed by atoms with Gasteiger partial charge < -0.3 is 4.74 Å². The number of benzene rings is 1. The molecule has 0 aliphatic rings. The Balaban J connectivity index is 3.05. The van der Waals surface area contributed by atoms with Gasteiger partial charge in [0.25, 0.3) is 0 Å². The molecule has 0 unspecified atom stereocenters. The lowest BCUT2D eigenvalue weighted by Gasteiger charge is -2.05. The number of hydrogen-bond donors (Lipinski definition) is 0. The predicted molar refractivity (Wildman–Crippen MR) is 66.7 cm³/mol. The minimum Gasteiger partial charge on any atom is -0.463 e. The molecule has 0 radical (unpaired) electrons. The van der Waals surface area contributed by atoms with E-state index in [1.54, 1.807) is 31.2 Å². The molecule has 3 heteroatoms. The molecule has 0 spiro atoms. The van der Waals surface area contributed by atoms with Gasteiger partial charge in [-0.2, -0.15) is 0 Å². The van der Waals surface area contributed by atoms with Gasteiger partial charge in [-0.25, -0.2) is 4.79 Å². The third kappa shape index (κ3) is 3.55. The zero-order chi connectivity index (χ0) is 12.7. The molecular weight excluding hydrogens is 216 g/mol. The van der Waals surface area contributed by atoms with E-state index in [0.717, 1.165) is 11.8 Å². The van der Waals surface area contributed by atoms with Crippen LogP contribution in [-0.2, 0) is 9.53 Å². The van der Waals surface area contributed by atoms with Gasteiger partial charge in [-0.05, 0) is 25.0 Å². The number of rotatable bonds is 5. The second kappa shape index (κ2) is 6.63. The molecule has 1 aromatic carbocycles. The van der Waals surface area contributed by atoms with Crippen LogP contribution in [0.25, 0.3) is 6.08 Å². The maximum absolute atomic E-state index is 11.6. The third-order valence-electron chi connectivity index (χ3n) is 2.37. The first-order valence-corrected chi connectivity index (χ1v) is 5.64. The lowest BCUT2D eigenvalue weighted by Crippen LogP contribution is -2.07. The minimum atomic E-state index is -0.323. The van der Waals surface area contributed by atoms with Crippen molar-refractivity contribution in [1.82, 2.24) is 0 Å². The second-order valence-corrected chi connectivity index (χ2v) is 3.49. The molecular formula is C14H16O3. The summed E-state index contributed by atoms with van der Waals surface area (Å²) in [5.41, 5.74) is 1.89. The SMILES string of the molecule is CCOC(=O)C(=Cc1ccccc1C=O)CC. The van der Waals surface area contributed by atoms with Gasteiger partial charge in [0.15, 0.2) is 6.29 Å². The van der Waals surface area contributed by atoms with E-state index >= 15 is 0 Å². The molecule has 0 aromatic heterocycles. The number of hydrogen-bond acceptors (Lipinski definition) is 3. The van der Waals surface area contributed by atoms with Crippen LogP contribution >= 0.6 is 0 Å². The number of esters is 1. The molecule has 0 aliphatic carbocycles. The van der Waals surface area contributed by atoms with Crippen LogP contribution in [0.2, 0.25) is 0 Å². The van der Waals surface area contributed by atoms with Gasteiger partial charge in [0.05, 0.1) is 6.61 Å². The van der Waals surface area contributed by atoms with Crippen LogP contribution in [0.4, 0.5) is 0 Å². The monoisotopic (exact) mass is 232 g/mol. The number of carbonyl (C=O) groups excluding carboxylic acids is 2. The third-order valence-corrected chi connectivity index (χ3v) is 2.37. The molecule has 0 saturated carbocycles. The van der Waals surface area contributed by atoms with E-state index in [1.807, 2.05) is 13.0 Å². The van der Waals surface area contributed by atoms with Crippen LogP contribution in [0.15, 0.2) is 29.8 Å². The molecule has 0 atom stereocenters. The van der Waals surface area contributed by atoms with Gasteiger partial charge in [-0.1, -0.05) is 31.2 Å². The zero-order valence-corrected chi connectivity index (χ0v) is 10.1. The van der Waals surface area contributed by atoms with Crippen molar-refractivity contribution >= 4 is 18.3 Å². The minimum absolute atomic E-state index is 0.323. The predicted octanol–water partition coefficient (Wildman–Crippen LogP) is 2.86. The van der Waals surface area contributed by atoms with E-state index in [9.17, 15) is 9.59 Å². The van der Waals surface area contributed by atoms with Gasteiger partial charge in [-0.3, -0.25) is 4.79 Å². The first-order chi connectivity index (χ1) is 8.22. The Hall–Kier alpha value is -1.90. The fourth-order valence-electron chi connectivity index (χ4n) is 1.47. The average Bonchev–Trinajstić information content (AvgIpc) is 2.36. The van der Waals surface area contributed by atoms with Crippen molar-refractivity contribution in [2.75, 3.05) is 6.61 Å². The first-order valence-electron chi connectivity index (χ1n) is 5.64. The molecule has 1 aromatic rings. The standard InChI is InChI=1S/C14H16O3/c1-3-11(14(16)17-4-2)9-12-7-5-6-8-13(12)10-15/h5-10H,3-4H2,1-2H3. The summed E-state index contributed by atoms with van der Waals surface area (Å²) < 4.78 is 4.95. The Morgan fingerprint density at radius 3 is 2.41 bits per heavy atom. The first kappa shape index (κ1) is 13.2. The summed E-state index contributed by atoms with van der Waals surface area (Å²) in [6.07, 6.45) is 3.07. The molecule has 90 valence electrons. The van der Waals surface area contributed by atoms with Gasteiger partial charge in [0.2, 0.25) is 0 Å². The van der Waals surface area contributed by atoms with Crippen LogP contribution in [0.3, 0.4) is 0 Å². The summed E-state index contributed by atoms with van der Waals surface area (Å²) in [5.74, 6) is -0.323. The van der Waals surface area contributed by atoms with E-state index < -0.39 is 0 Å². The van der Waals surface area contributed by atoms with Crippen LogP contribution < -0.4 is 0 Å². The number of ether oxygens (including phenoxy) is 1. The highest BCUT2D eigenvalue weighted by atomic mass is 16.5. The molecule has 0 heterocycles. The maximum Gasteiger partial charge on any atom is 0.333 e. The van der Waals surface area contributed by atoms with E-state index in [1.165, 1.54) is 0 Å². The normalized spacial score (nSPS) is 11.1. The molecule has 0 aliphatic heterocycles. The van der Waals surface area contributed by atoms with E-state index in [2.05, 4.69) is 0 Å². The Kier molecular flexibility index (Phi) is 5.14. The molecule has 0 amide bonds. The van der Waals surface area contributed by atoms with Crippen LogP contribution in [0.1, 0.15) is 36.2 Å². The number of aldehydes is 1.